The zero-order valence-electron chi connectivity index (χ0n) is 12.3. The molecule has 0 saturated carbocycles. The molecule has 0 fully saturated rings. The molecule has 21 heavy (non-hydrogen) atoms. The second-order valence-corrected chi connectivity index (χ2v) is 8.44. The molecule has 0 atom stereocenters. The van der Waals surface area contributed by atoms with Crippen molar-refractivity contribution in [3.05, 3.63) is 28.7 Å². The van der Waals surface area contributed by atoms with Gasteiger partial charge in [0.05, 0.1) is 10.5 Å². The highest BCUT2D eigenvalue weighted by atomic mass is 32.2. The van der Waals surface area contributed by atoms with Gasteiger partial charge in [-0.1, -0.05) is 0 Å². The quantitative estimate of drug-likeness (QED) is 0.777. The molecule has 2 N–H and O–H groups in total. The molecule has 0 spiro atoms. The number of nitrogen functional groups attached to an aromatic ring is 1. The normalized spacial score (nSPS) is 12.1. The van der Waals surface area contributed by atoms with Crippen LogP contribution in [0.25, 0.3) is 0 Å². The van der Waals surface area contributed by atoms with E-state index in [2.05, 4.69) is 0 Å². The summed E-state index contributed by atoms with van der Waals surface area (Å²) in [6.45, 7) is 4.19. The SMILES string of the molecule is CC(C)(C)S(=O)(=O)CCOC(=O)Cn1cc(N)ccc1=O. The van der Waals surface area contributed by atoms with Crippen LogP contribution in [0.15, 0.2) is 23.1 Å². The number of nitrogens with zero attached hydrogens (tertiary/aromatic N) is 1. The van der Waals surface area contributed by atoms with Gasteiger partial charge in [-0.2, -0.15) is 0 Å². The Hall–Kier alpha value is -1.83. The van der Waals surface area contributed by atoms with Gasteiger partial charge in [0.1, 0.15) is 13.2 Å². The van der Waals surface area contributed by atoms with E-state index in [1.165, 1.54) is 18.3 Å². The first kappa shape index (κ1) is 17.2. The Balaban J connectivity index is 2.57. The fourth-order valence-electron chi connectivity index (χ4n) is 1.43. The van der Waals surface area contributed by atoms with Crippen molar-refractivity contribution in [2.45, 2.75) is 32.1 Å². The summed E-state index contributed by atoms with van der Waals surface area (Å²) in [5.41, 5.74) is 5.48. The van der Waals surface area contributed by atoms with Crippen molar-refractivity contribution < 1.29 is 17.9 Å². The van der Waals surface area contributed by atoms with Crippen LogP contribution in [0, 0.1) is 0 Å². The summed E-state index contributed by atoms with van der Waals surface area (Å²) in [5, 5.41) is 0. The molecule has 7 nitrogen and oxygen atoms in total. The van der Waals surface area contributed by atoms with E-state index in [4.69, 9.17) is 10.5 Å². The number of anilines is 1. The third kappa shape index (κ3) is 4.89. The Labute approximate surface area is 123 Å². The maximum Gasteiger partial charge on any atom is 0.326 e. The summed E-state index contributed by atoms with van der Waals surface area (Å²) in [6.07, 6.45) is 1.33. The minimum atomic E-state index is -3.35. The minimum Gasteiger partial charge on any atom is -0.463 e. The zero-order chi connectivity index (χ0) is 16.3. The van der Waals surface area contributed by atoms with Crippen LogP contribution < -0.4 is 11.3 Å². The van der Waals surface area contributed by atoms with Gasteiger partial charge in [0.15, 0.2) is 9.84 Å². The number of carbonyl (C=O) groups is 1. The monoisotopic (exact) mass is 316 g/mol. The summed E-state index contributed by atoms with van der Waals surface area (Å²) in [7, 11) is -3.35. The van der Waals surface area contributed by atoms with Crippen LogP contribution in [0.2, 0.25) is 0 Å². The van der Waals surface area contributed by atoms with Crippen molar-refractivity contribution in [1.82, 2.24) is 4.57 Å². The van der Waals surface area contributed by atoms with E-state index < -0.39 is 20.6 Å². The lowest BCUT2D eigenvalue weighted by atomic mass is 10.3. The number of ether oxygens (including phenoxy) is 1. The van der Waals surface area contributed by atoms with Crippen LogP contribution in [0.1, 0.15) is 20.8 Å². The first-order valence-electron chi connectivity index (χ1n) is 6.37. The summed E-state index contributed by atoms with van der Waals surface area (Å²) in [5.74, 6) is -0.944. The van der Waals surface area contributed by atoms with Gasteiger partial charge in [-0.05, 0) is 26.8 Å². The highest BCUT2D eigenvalue weighted by Crippen LogP contribution is 2.15. The average Bonchev–Trinajstić information content (AvgIpc) is 2.32. The standard InChI is InChI=1S/C13H20N2O5S/c1-13(2,3)21(18,19)7-6-20-12(17)9-15-8-10(14)4-5-11(15)16/h4-5,8H,6-7,9,14H2,1-3H3. The first-order valence-corrected chi connectivity index (χ1v) is 8.02. The number of hydrogen-bond acceptors (Lipinski definition) is 6. The van der Waals surface area contributed by atoms with E-state index in [9.17, 15) is 18.0 Å². The van der Waals surface area contributed by atoms with E-state index in [-0.39, 0.29) is 24.5 Å². The number of hydrogen-bond donors (Lipinski definition) is 1. The van der Waals surface area contributed by atoms with Gasteiger partial charge in [0.2, 0.25) is 0 Å². The van der Waals surface area contributed by atoms with Crippen molar-refractivity contribution in [3.8, 4) is 0 Å². The van der Waals surface area contributed by atoms with Gasteiger partial charge in [0.25, 0.3) is 5.56 Å². The predicted octanol–water partition coefficient (Wildman–Crippen LogP) is 0.187. The molecule has 8 heteroatoms. The van der Waals surface area contributed by atoms with Crippen molar-refractivity contribution in [1.29, 1.82) is 0 Å². The van der Waals surface area contributed by atoms with Crippen molar-refractivity contribution in [3.63, 3.8) is 0 Å². The van der Waals surface area contributed by atoms with Gasteiger partial charge in [-0.3, -0.25) is 9.59 Å². The van der Waals surface area contributed by atoms with Crippen molar-refractivity contribution in [2.24, 2.45) is 0 Å². The minimum absolute atomic E-state index is 0.241. The van der Waals surface area contributed by atoms with Crippen LogP contribution in [0.3, 0.4) is 0 Å². The molecule has 1 aromatic rings. The number of esters is 1. The summed E-state index contributed by atoms with van der Waals surface area (Å²) < 4.78 is 28.7. The van der Waals surface area contributed by atoms with Crippen molar-refractivity contribution in [2.75, 3.05) is 18.1 Å². The third-order valence-corrected chi connectivity index (χ3v) is 5.42. The largest absolute Gasteiger partial charge is 0.463 e. The molecule has 0 amide bonds. The Morgan fingerprint density at radius 2 is 1.95 bits per heavy atom. The Bertz CT molecular complexity index is 671. The van der Waals surface area contributed by atoms with Crippen LogP contribution >= 0.6 is 0 Å². The zero-order valence-corrected chi connectivity index (χ0v) is 13.1. The number of pyridine rings is 1. The Morgan fingerprint density at radius 3 is 2.52 bits per heavy atom. The smallest absolute Gasteiger partial charge is 0.326 e. The fraction of sp³-hybridized carbons (Fsp3) is 0.538. The molecule has 0 aliphatic rings. The van der Waals surface area contributed by atoms with Gasteiger partial charge >= 0.3 is 5.97 Å². The highest BCUT2D eigenvalue weighted by Gasteiger charge is 2.28. The van der Waals surface area contributed by atoms with E-state index in [1.54, 1.807) is 20.8 Å². The summed E-state index contributed by atoms with van der Waals surface area (Å²) in [6, 6.07) is 2.67. The summed E-state index contributed by atoms with van der Waals surface area (Å²) in [4.78, 5) is 23.1. The third-order valence-electron chi connectivity index (χ3n) is 2.85. The molecule has 0 aromatic carbocycles. The molecule has 1 rings (SSSR count). The average molecular weight is 316 g/mol. The van der Waals surface area contributed by atoms with Gasteiger partial charge in [-0.25, -0.2) is 8.42 Å². The van der Waals surface area contributed by atoms with E-state index in [1.807, 2.05) is 0 Å². The Kier molecular flexibility index (Phi) is 5.16. The molecule has 0 radical (unpaired) electrons. The van der Waals surface area contributed by atoms with Crippen molar-refractivity contribution >= 4 is 21.5 Å². The second-order valence-electron chi connectivity index (χ2n) is 5.58. The molecule has 1 aromatic heterocycles. The maximum atomic E-state index is 11.8. The molecular formula is C13H20N2O5S. The predicted molar refractivity (Wildman–Crippen MR) is 79.6 cm³/mol. The van der Waals surface area contributed by atoms with Crippen LogP contribution in [-0.4, -0.2) is 36.1 Å². The van der Waals surface area contributed by atoms with Crippen LogP contribution in [0.5, 0.6) is 0 Å². The second kappa shape index (κ2) is 6.30. The van der Waals surface area contributed by atoms with Gasteiger partial charge < -0.3 is 15.0 Å². The van der Waals surface area contributed by atoms with E-state index >= 15 is 0 Å². The fourth-order valence-corrected chi connectivity index (χ4v) is 2.34. The van der Waals surface area contributed by atoms with E-state index in [0.29, 0.717) is 5.69 Å². The van der Waals surface area contributed by atoms with Gasteiger partial charge in [0, 0.05) is 18.0 Å². The Morgan fingerprint density at radius 1 is 1.33 bits per heavy atom. The van der Waals surface area contributed by atoms with Crippen LogP contribution in [-0.2, 0) is 25.9 Å². The lowest BCUT2D eigenvalue weighted by Crippen LogP contribution is -2.33. The number of sulfone groups is 1. The lowest BCUT2D eigenvalue weighted by Gasteiger charge is -2.18. The molecule has 0 unspecified atom stereocenters. The topological polar surface area (TPSA) is 108 Å². The van der Waals surface area contributed by atoms with E-state index in [0.717, 1.165) is 4.57 Å². The first-order chi connectivity index (χ1) is 9.53. The molecule has 0 saturated heterocycles. The number of nitrogens with two attached hydrogens (primary N) is 1. The molecular weight excluding hydrogens is 296 g/mol. The molecule has 0 aliphatic carbocycles. The summed E-state index contributed by atoms with van der Waals surface area (Å²) >= 11 is 0. The highest BCUT2D eigenvalue weighted by molar-refractivity contribution is 7.92. The number of aromatic nitrogens is 1. The molecule has 1 heterocycles. The molecule has 0 bridgehead atoms. The lowest BCUT2D eigenvalue weighted by molar-refractivity contribution is -0.143. The number of rotatable bonds is 5. The van der Waals surface area contributed by atoms with Gasteiger partial charge in [-0.15, -0.1) is 0 Å². The molecule has 118 valence electrons. The molecule has 0 aliphatic heterocycles. The maximum absolute atomic E-state index is 11.8. The number of carbonyl (C=O) groups excluding carboxylic acids is 1. The van der Waals surface area contributed by atoms with Crippen LogP contribution in [0.4, 0.5) is 5.69 Å².